The van der Waals surface area contributed by atoms with Gasteiger partial charge in [0, 0.05) is 12.2 Å². The van der Waals surface area contributed by atoms with Crippen molar-refractivity contribution < 1.29 is 23.0 Å². The lowest BCUT2D eigenvalue weighted by atomic mass is 9.78. The molecule has 0 amide bonds. The summed E-state index contributed by atoms with van der Waals surface area (Å²) in [7, 11) is 0. The molecule has 6 nitrogen and oxygen atoms in total. The lowest BCUT2D eigenvalue weighted by molar-refractivity contribution is -0.126. The molecule has 0 aromatic heterocycles. The van der Waals surface area contributed by atoms with Crippen LogP contribution in [0.2, 0.25) is 0 Å². The van der Waals surface area contributed by atoms with Gasteiger partial charge in [-0.05, 0) is 54.7 Å². The topological polar surface area (TPSA) is 89.9 Å². The van der Waals surface area contributed by atoms with Gasteiger partial charge in [0.1, 0.15) is 12.4 Å². The molecule has 0 unspecified atom stereocenters. The van der Waals surface area contributed by atoms with E-state index in [1.807, 2.05) is 6.07 Å². The van der Waals surface area contributed by atoms with Crippen LogP contribution in [-0.2, 0) is 15.0 Å². The van der Waals surface area contributed by atoms with Gasteiger partial charge in [-0.25, -0.2) is 4.99 Å². The summed E-state index contributed by atoms with van der Waals surface area (Å²) >= 11 is 0. The van der Waals surface area contributed by atoms with E-state index in [9.17, 15) is 5.26 Å². The second kappa shape index (κ2) is 8.52. The Labute approximate surface area is 179 Å². The number of nitrogens with zero attached hydrogens (tertiary/aromatic N) is 2. The van der Waals surface area contributed by atoms with E-state index in [1.165, 1.54) is 0 Å². The van der Waals surface area contributed by atoms with E-state index in [4.69, 9.17) is 19.9 Å². The Morgan fingerprint density at radius 1 is 1.00 bits per heavy atom. The Kier molecular flexibility index (Phi) is 5.79. The maximum absolute atomic E-state index is 15.5. The summed E-state index contributed by atoms with van der Waals surface area (Å²) < 4.78 is 47.2. The average Bonchev–Trinajstić information content (AvgIpc) is 2.81. The Hall–Kier alpha value is -3.18. The monoisotopic (exact) mass is 427 g/mol. The smallest absolute Gasteiger partial charge is 0.310 e. The second-order valence-corrected chi connectivity index (χ2v) is 7.62. The van der Waals surface area contributed by atoms with Crippen LogP contribution in [0.15, 0.2) is 47.5 Å². The van der Waals surface area contributed by atoms with Crippen molar-refractivity contribution in [3.8, 4) is 22.9 Å². The number of halogens is 2. The normalized spacial score (nSPS) is 23.3. The van der Waals surface area contributed by atoms with Gasteiger partial charge in [-0.1, -0.05) is 18.2 Å². The molecule has 162 valence electrons. The first-order valence-electron chi connectivity index (χ1n) is 10.2. The number of aliphatic imine (C=N–C) groups is 1. The number of nitriles is 1. The van der Waals surface area contributed by atoms with Crippen LogP contribution >= 0.6 is 0 Å². The van der Waals surface area contributed by atoms with E-state index in [2.05, 4.69) is 11.1 Å². The van der Waals surface area contributed by atoms with Crippen LogP contribution in [0, 0.1) is 11.3 Å². The number of hydrogen-bond donors (Lipinski definition) is 1. The minimum absolute atomic E-state index is 0.0610. The molecule has 0 fully saturated rings. The predicted octanol–water partition coefficient (Wildman–Crippen LogP) is 3.98. The molecule has 4 rings (SSSR count). The largest absolute Gasteiger partial charge is 0.491 e. The number of amidine groups is 1. The zero-order chi connectivity index (χ0) is 21.9. The number of nitrogens with two attached hydrogens (primary N) is 1. The van der Waals surface area contributed by atoms with E-state index in [1.54, 1.807) is 36.4 Å². The summed E-state index contributed by atoms with van der Waals surface area (Å²) in [4.78, 5) is 4.19. The number of benzene rings is 2. The van der Waals surface area contributed by atoms with Crippen LogP contribution < -0.4 is 10.5 Å². The fourth-order valence-electron chi connectivity index (χ4n) is 4.04. The van der Waals surface area contributed by atoms with Crippen molar-refractivity contribution in [3.63, 3.8) is 0 Å². The van der Waals surface area contributed by atoms with Gasteiger partial charge in [0.05, 0.1) is 18.2 Å². The Balaban J connectivity index is 1.92. The highest BCUT2D eigenvalue weighted by Crippen LogP contribution is 2.51. The van der Waals surface area contributed by atoms with Crippen molar-refractivity contribution in [1.82, 2.24) is 0 Å². The highest BCUT2D eigenvalue weighted by Gasteiger charge is 2.59. The number of rotatable bonds is 1. The van der Waals surface area contributed by atoms with Crippen LogP contribution in [-0.4, -0.2) is 38.4 Å². The molecule has 0 saturated heterocycles. The van der Waals surface area contributed by atoms with Gasteiger partial charge >= 0.3 is 5.92 Å². The third-order valence-electron chi connectivity index (χ3n) is 5.62. The molecule has 0 radical (unpaired) electrons. The quantitative estimate of drug-likeness (QED) is 0.744. The molecule has 2 N–H and O–H groups in total. The van der Waals surface area contributed by atoms with Gasteiger partial charge in [-0.3, -0.25) is 0 Å². The minimum Gasteiger partial charge on any atom is -0.491 e. The first kappa shape index (κ1) is 21.1. The molecule has 8 heteroatoms. The fraction of sp³-hybridized carbons (Fsp3) is 0.391. The molecular weight excluding hydrogens is 404 g/mol. The minimum atomic E-state index is -3.30. The average molecular weight is 427 g/mol. The van der Waals surface area contributed by atoms with Crippen molar-refractivity contribution in [3.05, 3.63) is 53.6 Å². The van der Waals surface area contributed by atoms with Crippen molar-refractivity contribution >= 4 is 6.02 Å². The van der Waals surface area contributed by atoms with Crippen molar-refractivity contribution in [2.75, 3.05) is 26.4 Å². The summed E-state index contributed by atoms with van der Waals surface area (Å²) in [6.07, 6.45) is 1.15. The van der Waals surface area contributed by atoms with Crippen LogP contribution in [0.3, 0.4) is 0 Å². The molecule has 2 heterocycles. The summed E-state index contributed by atoms with van der Waals surface area (Å²) in [5.74, 6) is -2.99. The molecular formula is C23H23F2N3O3. The molecule has 2 aliphatic rings. The molecule has 31 heavy (non-hydrogen) atoms. The van der Waals surface area contributed by atoms with Crippen LogP contribution in [0.25, 0.3) is 11.1 Å². The molecule has 0 bridgehead atoms. The van der Waals surface area contributed by atoms with Gasteiger partial charge in [0.2, 0.25) is 0 Å². The zero-order valence-electron chi connectivity index (χ0n) is 16.9. The number of hydrogen-bond acceptors (Lipinski definition) is 6. The van der Waals surface area contributed by atoms with E-state index < -0.39 is 18.1 Å². The van der Waals surface area contributed by atoms with Gasteiger partial charge in [-0.15, -0.1) is 0 Å². The molecule has 1 atom stereocenters. The van der Waals surface area contributed by atoms with E-state index >= 15 is 8.78 Å². The molecule has 2 aromatic rings. The van der Waals surface area contributed by atoms with Gasteiger partial charge in [-0.2, -0.15) is 14.0 Å². The molecule has 2 aromatic carbocycles. The Bertz CT molecular complexity index is 1030. The summed E-state index contributed by atoms with van der Waals surface area (Å²) in [6.45, 7) is 0.201. The summed E-state index contributed by atoms with van der Waals surface area (Å²) in [5, 5.41) is 9.22. The Morgan fingerprint density at radius 3 is 2.68 bits per heavy atom. The Morgan fingerprint density at radius 2 is 1.84 bits per heavy atom. The highest BCUT2D eigenvalue weighted by atomic mass is 19.3. The van der Waals surface area contributed by atoms with Crippen LogP contribution in [0.4, 0.5) is 8.78 Å². The summed E-state index contributed by atoms with van der Waals surface area (Å²) in [6, 6.07) is 14.0. The highest BCUT2D eigenvalue weighted by molar-refractivity contribution is 5.74. The van der Waals surface area contributed by atoms with Crippen molar-refractivity contribution in [2.45, 2.75) is 30.7 Å². The number of ether oxygens (including phenoxy) is 3. The van der Waals surface area contributed by atoms with Crippen LogP contribution in [0.1, 0.15) is 30.4 Å². The maximum Gasteiger partial charge on any atom is 0.310 e. The maximum atomic E-state index is 15.5. The zero-order valence-corrected chi connectivity index (χ0v) is 16.9. The first-order valence-corrected chi connectivity index (χ1v) is 10.2. The summed E-state index contributed by atoms with van der Waals surface area (Å²) in [5.41, 5.74) is 6.03. The van der Waals surface area contributed by atoms with Gasteiger partial charge in [0.25, 0.3) is 6.02 Å². The van der Waals surface area contributed by atoms with E-state index in [-0.39, 0.29) is 24.6 Å². The number of alkyl halides is 2. The second-order valence-electron chi connectivity index (χ2n) is 7.62. The molecule has 0 saturated carbocycles. The lowest BCUT2D eigenvalue weighted by Crippen LogP contribution is -2.53. The molecule has 2 aliphatic heterocycles. The van der Waals surface area contributed by atoms with Gasteiger partial charge < -0.3 is 19.9 Å². The third-order valence-corrected chi connectivity index (χ3v) is 5.62. The molecule has 1 spiro atoms. The SMILES string of the molecule is N#Cc1cccc(-c2ccc3c(c2)[C@@]2(CCCCOCCO3)N=C(N)OCC2(F)F)c1. The van der Waals surface area contributed by atoms with Crippen LogP contribution in [0.5, 0.6) is 5.75 Å². The number of fused-ring (bicyclic) bond motifs is 2. The standard InChI is InChI=1S/C23H23F2N3O3/c24-23(25)15-31-21(27)28-22(23)8-1-2-9-29-10-11-30-20-7-6-18(13-19(20)22)17-5-3-4-16(12-17)14-26/h3-7,12-13H,1-2,8-11,15H2,(H2,27,28)/t22-/m1/s1. The van der Waals surface area contributed by atoms with Crippen molar-refractivity contribution in [1.29, 1.82) is 5.26 Å². The third kappa shape index (κ3) is 4.06. The van der Waals surface area contributed by atoms with E-state index in [0.29, 0.717) is 42.9 Å². The van der Waals surface area contributed by atoms with Crippen molar-refractivity contribution in [2.24, 2.45) is 10.7 Å². The predicted molar refractivity (Wildman–Crippen MR) is 111 cm³/mol. The lowest BCUT2D eigenvalue weighted by Gasteiger charge is -2.41. The first-order chi connectivity index (χ1) is 14.9. The fourth-order valence-corrected chi connectivity index (χ4v) is 4.04. The van der Waals surface area contributed by atoms with Gasteiger partial charge in [0.15, 0.2) is 12.1 Å². The molecule has 0 aliphatic carbocycles. The van der Waals surface area contributed by atoms with E-state index in [0.717, 1.165) is 5.56 Å².